The third-order valence-corrected chi connectivity index (χ3v) is 3.95. The number of phenolic OH excluding ortho intramolecular Hbond substituents is 1. The van der Waals surface area contributed by atoms with Crippen molar-refractivity contribution in [3.63, 3.8) is 0 Å². The van der Waals surface area contributed by atoms with Crippen molar-refractivity contribution in [2.24, 2.45) is 0 Å². The number of piperidine rings is 1. The largest absolute Gasteiger partial charge is 0.503 e. The second kappa shape index (κ2) is 5.94. The molecule has 1 saturated heterocycles. The molecule has 2 heterocycles. The zero-order valence-corrected chi connectivity index (χ0v) is 12.0. The number of carbonyl (C=O) groups excluding carboxylic acids is 1. The molecule has 0 unspecified atom stereocenters. The van der Waals surface area contributed by atoms with Crippen LogP contribution >= 0.6 is 0 Å². The van der Waals surface area contributed by atoms with Crippen molar-refractivity contribution in [3.8, 4) is 5.75 Å². The summed E-state index contributed by atoms with van der Waals surface area (Å²) < 4.78 is 42.1. The Kier molecular flexibility index (Phi) is 3.97. The summed E-state index contributed by atoms with van der Waals surface area (Å²) in [6.07, 6.45) is 4.86. The molecule has 23 heavy (non-hydrogen) atoms. The molecule has 0 saturated carbocycles. The molecule has 0 radical (unpaired) electrons. The van der Waals surface area contributed by atoms with E-state index in [1.807, 2.05) is 0 Å². The summed E-state index contributed by atoms with van der Waals surface area (Å²) in [5.41, 5.74) is -0.678. The minimum absolute atomic E-state index is 0.0651. The molecule has 1 aliphatic heterocycles. The van der Waals surface area contributed by atoms with Crippen LogP contribution in [-0.2, 0) is 0 Å². The summed E-state index contributed by atoms with van der Waals surface area (Å²) in [6.45, 7) is 0.648. The second-order valence-electron chi connectivity index (χ2n) is 5.42. The van der Waals surface area contributed by atoms with Crippen LogP contribution in [0.5, 0.6) is 5.75 Å². The fourth-order valence-electron chi connectivity index (χ4n) is 2.77. The summed E-state index contributed by atoms with van der Waals surface area (Å²) in [5.74, 6) is -6.88. The first-order valence-corrected chi connectivity index (χ1v) is 7.14. The smallest absolute Gasteiger partial charge is 0.257 e. The van der Waals surface area contributed by atoms with Crippen LogP contribution in [0.4, 0.5) is 13.2 Å². The predicted molar refractivity (Wildman–Crippen MR) is 74.4 cm³/mol. The monoisotopic (exact) mass is 325 g/mol. The van der Waals surface area contributed by atoms with E-state index in [1.165, 1.54) is 4.90 Å². The van der Waals surface area contributed by atoms with Gasteiger partial charge in [0, 0.05) is 25.5 Å². The Morgan fingerprint density at radius 3 is 2.78 bits per heavy atom. The van der Waals surface area contributed by atoms with Crippen LogP contribution in [0, 0.1) is 17.5 Å². The minimum atomic E-state index is -1.70. The quantitative estimate of drug-likeness (QED) is 0.863. The van der Waals surface area contributed by atoms with E-state index in [4.69, 9.17) is 0 Å². The van der Waals surface area contributed by atoms with Crippen molar-refractivity contribution in [1.82, 2.24) is 14.7 Å². The van der Waals surface area contributed by atoms with Gasteiger partial charge in [-0.15, -0.1) is 0 Å². The van der Waals surface area contributed by atoms with Crippen LogP contribution in [0.15, 0.2) is 24.5 Å². The highest BCUT2D eigenvalue weighted by atomic mass is 19.2. The number of likely N-dealkylation sites (tertiary alicyclic amines) is 1. The van der Waals surface area contributed by atoms with Gasteiger partial charge in [-0.25, -0.2) is 8.78 Å². The molecule has 1 atom stereocenters. The highest BCUT2D eigenvalue weighted by Gasteiger charge is 2.30. The first kappa shape index (κ1) is 15.4. The Bertz CT molecular complexity index is 734. The molecule has 122 valence electrons. The van der Waals surface area contributed by atoms with Gasteiger partial charge < -0.3 is 10.0 Å². The van der Waals surface area contributed by atoms with E-state index >= 15 is 0 Å². The number of carbonyl (C=O) groups is 1. The van der Waals surface area contributed by atoms with Crippen LogP contribution in [0.25, 0.3) is 0 Å². The number of nitrogens with zero attached hydrogens (tertiary/aromatic N) is 3. The zero-order valence-electron chi connectivity index (χ0n) is 12.0. The fourth-order valence-corrected chi connectivity index (χ4v) is 2.77. The first-order chi connectivity index (χ1) is 11.0. The normalized spacial score (nSPS) is 18.2. The predicted octanol–water partition coefficient (Wildman–Crippen LogP) is 2.48. The molecular formula is C15H14F3N3O2. The van der Waals surface area contributed by atoms with Crippen molar-refractivity contribution in [1.29, 1.82) is 0 Å². The number of hydrogen-bond donors (Lipinski definition) is 1. The van der Waals surface area contributed by atoms with E-state index in [-0.39, 0.29) is 12.6 Å². The summed E-state index contributed by atoms with van der Waals surface area (Å²) in [6, 6.07) is 2.17. The number of amides is 1. The SMILES string of the molecule is O=C(c1cc(F)c(F)c(O)c1F)N1CCC[C@@H](n2cccn2)C1. The van der Waals surface area contributed by atoms with Gasteiger partial charge in [-0.3, -0.25) is 9.48 Å². The molecule has 1 amide bonds. The van der Waals surface area contributed by atoms with Crippen molar-refractivity contribution in [2.45, 2.75) is 18.9 Å². The van der Waals surface area contributed by atoms with E-state index in [2.05, 4.69) is 5.10 Å². The van der Waals surface area contributed by atoms with Crippen molar-refractivity contribution >= 4 is 5.91 Å². The third kappa shape index (κ3) is 2.76. The van der Waals surface area contributed by atoms with Gasteiger partial charge in [0.05, 0.1) is 11.6 Å². The average molecular weight is 325 g/mol. The molecular weight excluding hydrogens is 311 g/mol. The van der Waals surface area contributed by atoms with Crippen LogP contribution in [-0.4, -0.2) is 38.8 Å². The van der Waals surface area contributed by atoms with Crippen LogP contribution in [0.3, 0.4) is 0 Å². The number of phenols is 1. The molecule has 1 aromatic heterocycles. The lowest BCUT2D eigenvalue weighted by atomic mass is 10.0. The number of aromatic nitrogens is 2. The highest BCUT2D eigenvalue weighted by molar-refractivity contribution is 5.95. The molecule has 0 spiro atoms. The van der Waals surface area contributed by atoms with Gasteiger partial charge >= 0.3 is 0 Å². The van der Waals surface area contributed by atoms with Gasteiger partial charge in [0.1, 0.15) is 0 Å². The Morgan fingerprint density at radius 2 is 2.09 bits per heavy atom. The summed E-state index contributed by atoms with van der Waals surface area (Å²) >= 11 is 0. The fraction of sp³-hybridized carbons (Fsp3) is 0.333. The van der Waals surface area contributed by atoms with Gasteiger partial charge in [0.15, 0.2) is 17.4 Å². The van der Waals surface area contributed by atoms with Crippen LogP contribution in [0.2, 0.25) is 0 Å². The van der Waals surface area contributed by atoms with Gasteiger partial charge in [-0.1, -0.05) is 0 Å². The maximum Gasteiger partial charge on any atom is 0.257 e. The number of benzene rings is 1. The number of halogens is 3. The Balaban J connectivity index is 1.86. The molecule has 1 aliphatic rings. The average Bonchev–Trinajstić information content (AvgIpc) is 3.10. The zero-order chi connectivity index (χ0) is 16.6. The molecule has 1 aromatic carbocycles. The van der Waals surface area contributed by atoms with Crippen molar-refractivity contribution < 1.29 is 23.1 Å². The van der Waals surface area contributed by atoms with Gasteiger partial charge in [0.2, 0.25) is 5.82 Å². The summed E-state index contributed by atoms with van der Waals surface area (Å²) in [7, 11) is 0. The maximum atomic E-state index is 13.9. The van der Waals surface area contributed by atoms with E-state index in [0.29, 0.717) is 19.0 Å². The van der Waals surface area contributed by atoms with Crippen LogP contribution in [0.1, 0.15) is 29.2 Å². The van der Waals surface area contributed by atoms with E-state index in [9.17, 15) is 23.1 Å². The molecule has 2 aromatic rings. The van der Waals surface area contributed by atoms with Gasteiger partial charge in [-0.2, -0.15) is 9.49 Å². The van der Waals surface area contributed by atoms with E-state index in [1.54, 1.807) is 23.1 Å². The highest BCUT2D eigenvalue weighted by Crippen LogP contribution is 2.28. The van der Waals surface area contributed by atoms with Crippen molar-refractivity contribution in [3.05, 3.63) is 47.5 Å². The number of hydrogen-bond acceptors (Lipinski definition) is 3. The summed E-state index contributed by atoms with van der Waals surface area (Å²) in [5, 5.41) is 13.4. The molecule has 8 heteroatoms. The maximum absolute atomic E-state index is 13.9. The topological polar surface area (TPSA) is 58.4 Å². The first-order valence-electron chi connectivity index (χ1n) is 7.14. The standard InChI is InChI=1S/C15H14F3N3O2/c16-11-7-10(12(17)14(22)13(11)18)15(23)20-5-1-3-9(8-20)21-6-2-4-19-21/h2,4,6-7,9,22H,1,3,5,8H2/t9-/m1/s1. The lowest BCUT2D eigenvalue weighted by molar-refractivity contribution is 0.0666. The van der Waals surface area contributed by atoms with Gasteiger partial charge in [0.25, 0.3) is 5.91 Å². The lowest BCUT2D eigenvalue weighted by Gasteiger charge is -2.33. The molecule has 3 rings (SSSR count). The Hall–Kier alpha value is -2.51. The van der Waals surface area contributed by atoms with Crippen molar-refractivity contribution in [2.75, 3.05) is 13.1 Å². The second-order valence-corrected chi connectivity index (χ2v) is 5.42. The number of aromatic hydroxyl groups is 1. The molecule has 1 N–H and O–H groups in total. The third-order valence-electron chi connectivity index (χ3n) is 3.95. The molecule has 5 nitrogen and oxygen atoms in total. The van der Waals surface area contributed by atoms with E-state index in [0.717, 1.165) is 6.42 Å². The minimum Gasteiger partial charge on any atom is -0.503 e. The number of rotatable bonds is 2. The molecule has 0 bridgehead atoms. The summed E-state index contributed by atoms with van der Waals surface area (Å²) in [4.78, 5) is 13.8. The Morgan fingerprint density at radius 1 is 1.30 bits per heavy atom. The molecule has 0 aliphatic carbocycles. The van der Waals surface area contributed by atoms with Crippen LogP contribution < -0.4 is 0 Å². The van der Waals surface area contributed by atoms with E-state index < -0.39 is 34.7 Å². The molecule has 1 fully saturated rings. The lowest BCUT2D eigenvalue weighted by Crippen LogP contribution is -2.41. The Labute approximate surface area is 129 Å². The van der Waals surface area contributed by atoms with Gasteiger partial charge in [-0.05, 0) is 25.0 Å².